The highest BCUT2D eigenvalue weighted by atomic mass is 16.5. The third-order valence-electron chi connectivity index (χ3n) is 3.12. The number of esters is 1. The molecule has 0 spiro atoms. The van der Waals surface area contributed by atoms with Crippen molar-refractivity contribution in [2.75, 3.05) is 6.61 Å². The van der Waals surface area contributed by atoms with Crippen molar-refractivity contribution in [3.63, 3.8) is 0 Å². The molecule has 20 heavy (non-hydrogen) atoms. The van der Waals surface area contributed by atoms with E-state index < -0.39 is 12.0 Å². The maximum atomic E-state index is 11.7. The van der Waals surface area contributed by atoms with E-state index in [1.54, 1.807) is 6.08 Å². The summed E-state index contributed by atoms with van der Waals surface area (Å²) in [7, 11) is 0. The summed E-state index contributed by atoms with van der Waals surface area (Å²) >= 11 is 0. The van der Waals surface area contributed by atoms with Crippen molar-refractivity contribution in [1.82, 2.24) is 0 Å². The molecule has 4 nitrogen and oxygen atoms in total. The van der Waals surface area contributed by atoms with Crippen LogP contribution in [-0.4, -0.2) is 24.7 Å². The van der Waals surface area contributed by atoms with Crippen molar-refractivity contribution >= 4 is 12.0 Å². The van der Waals surface area contributed by atoms with Crippen LogP contribution in [0.4, 0.5) is 0 Å². The Labute approximate surface area is 122 Å². The Kier molecular flexibility index (Phi) is 13.0. The number of carbonyl (C=O) groups is 1. The fraction of sp³-hybridized carbons (Fsp3) is 0.750. The molecule has 0 aliphatic heterocycles. The zero-order valence-electron chi connectivity index (χ0n) is 12.8. The van der Waals surface area contributed by atoms with Crippen molar-refractivity contribution in [2.24, 2.45) is 4.99 Å². The molecule has 0 N–H and O–H groups in total. The number of hydrogen-bond donors (Lipinski definition) is 0. The normalized spacial score (nSPS) is 12.1. The molecular weight excluding hydrogens is 254 g/mol. The van der Waals surface area contributed by atoms with Crippen LogP contribution in [0.3, 0.4) is 0 Å². The Morgan fingerprint density at radius 1 is 1.20 bits per heavy atom. The predicted molar refractivity (Wildman–Crippen MR) is 80.3 cm³/mol. The molecule has 0 heterocycles. The van der Waals surface area contributed by atoms with E-state index in [1.807, 2.05) is 13.0 Å². The van der Waals surface area contributed by atoms with Gasteiger partial charge >= 0.3 is 5.97 Å². The maximum Gasteiger partial charge on any atom is 0.332 e. The molecule has 0 aliphatic rings. The number of carbonyl (C=O) groups excluding carboxylic acids is 2. The van der Waals surface area contributed by atoms with Gasteiger partial charge in [0.15, 0.2) is 6.04 Å². The van der Waals surface area contributed by atoms with Gasteiger partial charge in [-0.1, -0.05) is 64.0 Å². The van der Waals surface area contributed by atoms with Crippen LogP contribution >= 0.6 is 0 Å². The molecule has 0 saturated carbocycles. The molecule has 0 rings (SSSR count). The third-order valence-corrected chi connectivity index (χ3v) is 3.12. The quantitative estimate of drug-likeness (QED) is 0.179. The van der Waals surface area contributed by atoms with E-state index in [1.165, 1.54) is 38.2 Å². The first-order valence-electron chi connectivity index (χ1n) is 7.61. The summed E-state index contributed by atoms with van der Waals surface area (Å²) in [5.74, 6) is -0.433. The number of ether oxygens (including phenoxy) is 1. The number of aliphatic imine (C=N–C) groups is 1. The van der Waals surface area contributed by atoms with Crippen molar-refractivity contribution in [3.8, 4) is 0 Å². The lowest BCUT2D eigenvalue weighted by Gasteiger charge is -2.09. The lowest BCUT2D eigenvalue weighted by Crippen LogP contribution is -2.21. The molecule has 0 amide bonds. The molecule has 114 valence electrons. The first kappa shape index (κ1) is 18.6. The van der Waals surface area contributed by atoms with Crippen LogP contribution in [0.25, 0.3) is 0 Å². The van der Waals surface area contributed by atoms with Gasteiger partial charge in [0.25, 0.3) is 0 Å². The van der Waals surface area contributed by atoms with Gasteiger partial charge in [-0.2, -0.15) is 4.99 Å². The Balaban J connectivity index is 3.84. The second-order valence-electron chi connectivity index (χ2n) is 4.85. The zero-order chi connectivity index (χ0) is 15.1. The van der Waals surface area contributed by atoms with Gasteiger partial charge in [-0.05, 0) is 13.3 Å². The van der Waals surface area contributed by atoms with Gasteiger partial charge < -0.3 is 4.74 Å². The van der Waals surface area contributed by atoms with E-state index in [-0.39, 0.29) is 6.61 Å². The standard InChI is InChI=1S/C16H27NO3/c1-3-5-7-8-9-10-11-12-15(17-14-18)16(19)20-13-6-4-2/h4,6,15H,3,5,7-13H2,1-2H3. The SMILES string of the molecule is CC=CCOC(=O)C(CCCCCCCCC)N=C=O. The van der Waals surface area contributed by atoms with Crippen molar-refractivity contribution in [3.05, 3.63) is 12.2 Å². The van der Waals surface area contributed by atoms with E-state index in [0.717, 1.165) is 12.8 Å². The van der Waals surface area contributed by atoms with E-state index >= 15 is 0 Å². The molecule has 1 atom stereocenters. The van der Waals surface area contributed by atoms with Crippen LogP contribution in [-0.2, 0) is 14.3 Å². The van der Waals surface area contributed by atoms with Gasteiger partial charge in [-0.15, -0.1) is 0 Å². The fourth-order valence-corrected chi connectivity index (χ4v) is 1.92. The minimum absolute atomic E-state index is 0.233. The summed E-state index contributed by atoms with van der Waals surface area (Å²) in [6.45, 7) is 4.28. The number of rotatable bonds is 12. The van der Waals surface area contributed by atoms with Crippen LogP contribution in [0.15, 0.2) is 17.1 Å². The first-order chi connectivity index (χ1) is 9.76. The van der Waals surface area contributed by atoms with Gasteiger partial charge in [0.1, 0.15) is 6.61 Å². The van der Waals surface area contributed by atoms with E-state index in [9.17, 15) is 9.59 Å². The topological polar surface area (TPSA) is 55.7 Å². The van der Waals surface area contributed by atoms with Crippen LogP contribution < -0.4 is 0 Å². The van der Waals surface area contributed by atoms with Crippen molar-refractivity contribution < 1.29 is 14.3 Å². The van der Waals surface area contributed by atoms with Crippen LogP contribution in [0.5, 0.6) is 0 Å². The molecule has 0 saturated heterocycles. The molecule has 0 aromatic carbocycles. The molecule has 4 heteroatoms. The second kappa shape index (κ2) is 14.0. The van der Waals surface area contributed by atoms with Crippen molar-refractivity contribution in [2.45, 2.75) is 71.3 Å². The molecule has 1 unspecified atom stereocenters. The van der Waals surface area contributed by atoms with Crippen LogP contribution in [0.2, 0.25) is 0 Å². The third kappa shape index (κ3) is 10.5. The second-order valence-corrected chi connectivity index (χ2v) is 4.85. The highest BCUT2D eigenvalue weighted by Crippen LogP contribution is 2.12. The highest BCUT2D eigenvalue weighted by Gasteiger charge is 2.18. The molecule has 0 aliphatic carbocycles. The summed E-state index contributed by atoms with van der Waals surface area (Å²) in [4.78, 5) is 25.6. The van der Waals surface area contributed by atoms with Crippen LogP contribution in [0, 0.1) is 0 Å². The molecule has 0 radical (unpaired) electrons. The number of unbranched alkanes of at least 4 members (excludes halogenated alkanes) is 6. The number of allylic oxidation sites excluding steroid dienone is 1. The summed E-state index contributed by atoms with van der Waals surface area (Å²) in [5.41, 5.74) is 0. The Bertz CT molecular complexity index is 320. The monoisotopic (exact) mass is 281 g/mol. The largest absolute Gasteiger partial charge is 0.460 e. The fourth-order valence-electron chi connectivity index (χ4n) is 1.92. The van der Waals surface area contributed by atoms with Gasteiger partial charge in [-0.3, -0.25) is 0 Å². The summed E-state index contributed by atoms with van der Waals surface area (Å²) in [5, 5.41) is 0. The van der Waals surface area contributed by atoms with Gasteiger partial charge in [-0.25, -0.2) is 9.59 Å². The Hall–Kier alpha value is -1.41. The van der Waals surface area contributed by atoms with E-state index in [2.05, 4.69) is 11.9 Å². The number of hydrogen-bond acceptors (Lipinski definition) is 4. The lowest BCUT2D eigenvalue weighted by molar-refractivity contribution is -0.144. The number of isocyanates is 1. The maximum absolute atomic E-state index is 11.7. The van der Waals surface area contributed by atoms with Crippen LogP contribution in [0.1, 0.15) is 65.2 Å². The van der Waals surface area contributed by atoms with Gasteiger partial charge in [0.2, 0.25) is 6.08 Å². The molecule has 0 aromatic heterocycles. The van der Waals surface area contributed by atoms with Crippen molar-refractivity contribution in [1.29, 1.82) is 0 Å². The average molecular weight is 281 g/mol. The summed E-state index contributed by atoms with van der Waals surface area (Å²) in [6, 6.07) is -0.687. The summed E-state index contributed by atoms with van der Waals surface area (Å²) in [6.07, 6.45) is 13.8. The minimum Gasteiger partial charge on any atom is -0.460 e. The molecular formula is C16H27NO3. The predicted octanol–water partition coefficient (Wildman–Crippen LogP) is 3.95. The Morgan fingerprint density at radius 2 is 1.85 bits per heavy atom. The minimum atomic E-state index is -0.687. The lowest BCUT2D eigenvalue weighted by atomic mass is 10.1. The molecule has 0 fully saturated rings. The van der Waals surface area contributed by atoms with E-state index in [0.29, 0.717) is 6.42 Å². The Morgan fingerprint density at radius 3 is 2.45 bits per heavy atom. The van der Waals surface area contributed by atoms with Gasteiger partial charge in [0, 0.05) is 0 Å². The molecule has 0 aromatic rings. The smallest absolute Gasteiger partial charge is 0.332 e. The first-order valence-corrected chi connectivity index (χ1v) is 7.61. The average Bonchev–Trinajstić information content (AvgIpc) is 2.45. The highest BCUT2D eigenvalue weighted by molar-refractivity contribution is 5.76. The molecule has 0 bridgehead atoms. The number of nitrogens with zero attached hydrogens (tertiary/aromatic N) is 1. The van der Waals surface area contributed by atoms with E-state index in [4.69, 9.17) is 4.74 Å². The summed E-state index contributed by atoms with van der Waals surface area (Å²) < 4.78 is 5.01. The zero-order valence-corrected chi connectivity index (χ0v) is 12.8. The van der Waals surface area contributed by atoms with Gasteiger partial charge in [0.05, 0.1) is 0 Å².